The molecule has 0 bridgehead atoms. The number of para-hydroxylation sites is 1. The number of carbonyl (C=O) groups is 2. The molecule has 2 aromatic carbocycles. The summed E-state index contributed by atoms with van der Waals surface area (Å²) in [4.78, 5) is 33.4. The molecule has 0 aliphatic carbocycles. The van der Waals surface area contributed by atoms with Crippen molar-refractivity contribution >= 4 is 29.1 Å². The first-order chi connectivity index (χ1) is 16.0. The number of nitrogens with one attached hydrogen (secondary N) is 2. The lowest BCUT2D eigenvalue weighted by molar-refractivity contribution is 0.0767. The molecule has 170 valence electrons. The van der Waals surface area contributed by atoms with E-state index >= 15 is 0 Å². The minimum absolute atomic E-state index is 0.0935. The lowest BCUT2D eigenvalue weighted by Gasteiger charge is -2.23. The second kappa shape index (κ2) is 10.1. The Morgan fingerprint density at radius 2 is 1.70 bits per heavy atom. The van der Waals surface area contributed by atoms with Crippen LogP contribution in [0.5, 0.6) is 0 Å². The molecule has 1 aliphatic heterocycles. The van der Waals surface area contributed by atoms with Crippen molar-refractivity contribution in [1.29, 1.82) is 0 Å². The van der Waals surface area contributed by atoms with Gasteiger partial charge >= 0.3 is 6.03 Å². The quantitative estimate of drug-likeness (QED) is 0.616. The van der Waals surface area contributed by atoms with Crippen molar-refractivity contribution in [3.8, 4) is 0 Å². The Balaban J connectivity index is 1.33. The summed E-state index contributed by atoms with van der Waals surface area (Å²) in [6.45, 7) is 4.52. The molecule has 0 unspecified atom stereocenters. The highest BCUT2D eigenvalue weighted by atomic mass is 19.1. The molecule has 2 heterocycles. The molecule has 0 atom stereocenters. The van der Waals surface area contributed by atoms with Gasteiger partial charge < -0.3 is 20.4 Å². The standard InChI is InChI=1S/C25H26FN5O2/c1-18-5-2-3-6-22(18)29-25(33)28-21-11-12-23(27-17-21)30-13-4-14-31(16-15-30)24(32)19-7-9-20(26)10-8-19/h2-3,5-12,17H,4,13-16H2,1H3,(H2,28,29,33). The molecule has 1 saturated heterocycles. The Kier molecular flexibility index (Phi) is 6.83. The second-order valence-electron chi connectivity index (χ2n) is 7.94. The van der Waals surface area contributed by atoms with E-state index in [1.165, 1.54) is 24.3 Å². The van der Waals surface area contributed by atoms with Crippen molar-refractivity contribution in [3.63, 3.8) is 0 Å². The first-order valence-corrected chi connectivity index (χ1v) is 10.9. The fourth-order valence-corrected chi connectivity index (χ4v) is 3.77. The minimum atomic E-state index is -0.356. The highest BCUT2D eigenvalue weighted by Crippen LogP contribution is 2.18. The van der Waals surface area contributed by atoms with E-state index in [0.717, 1.165) is 30.0 Å². The van der Waals surface area contributed by atoms with Crippen LogP contribution in [0.25, 0.3) is 0 Å². The first-order valence-electron chi connectivity index (χ1n) is 10.9. The van der Waals surface area contributed by atoms with Crippen LogP contribution in [0.3, 0.4) is 0 Å². The largest absolute Gasteiger partial charge is 0.355 e. The highest BCUT2D eigenvalue weighted by Gasteiger charge is 2.21. The number of benzene rings is 2. The molecule has 0 saturated carbocycles. The predicted molar refractivity (Wildman–Crippen MR) is 127 cm³/mol. The number of pyridine rings is 1. The Labute approximate surface area is 192 Å². The smallest absolute Gasteiger partial charge is 0.323 e. The van der Waals surface area contributed by atoms with Gasteiger partial charge in [-0.25, -0.2) is 14.2 Å². The van der Waals surface area contributed by atoms with Gasteiger partial charge in [-0.05, 0) is 61.4 Å². The number of halogens is 1. The van der Waals surface area contributed by atoms with E-state index in [4.69, 9.17) is 0 Å². The van der Waals surface area contributed by atoms with Crippen LogP contribution in [0.4, 0.5) is 26.4 Å². The van der Waals surface area contributed by atoms with Crippen LogP contribution in [-0.2, 0) is 0 Å². The van der Waals surface area contributed by atoms with Gasteiger partial charge in [0.05, 0.1) is 11.9 Å². The summed E-state index contributed by atoms with van der Waals surface area (Å²) in [6, 6.07) is 16.6. The zero-order valence-corrected chi connectivity index (χ0v) is 18.4. The summed E-state index contributed by atoms with van der Waals surface area (Å²) < 4.78 is 13.1. The van der Waals surface area contributed by atoms with Gasteiger partial charge in [0.1, 0.15) is 11.6 Å². The zero-order chi connectivity index (χ0) is 23.2. The first kappa shape index (κ1) is 22.3. The monoisotopic (exact) mass is 447 g/mol. The Hall–Kier alpha value is -3.94. The number of aryl methyl sites for hydroxylation is 1. The van der Waals surface area contributed by atoms with E-state index in [9.17, 15) is 14.0 Å². The molecule has 1 aromatic heterocycles. The molecule has 2 N–H and O–H groups in total. The van der Waals surface area contributed by atoms with Crippen LogP contribution in [0.15, 0.2) is 66.9 Å². The average molecular weight is 448 g/mol. The van der Waals surface area contributed by atoms with Gasteiger partial charge in [-0.3, -0.25) is 4.79 Å². The molecular weight excluding hydrogens is 421 g/mol. The van der Waals surface area contributed by atoms with E-state index < -0.39 is 0 Å². The molecule has 4 rings (SSSR count). The van der Waals surface area contributed by atoms with E-state index in [0.29, 0.717) is 30.9 Å². The number of nitrogens with zero attached hydrogens (tertiary/aromatic N) is 3. The third-order valence-corrected chi connectivity index (χ3v) is 5.60. The van der Waals surface area contributed by atoms with E-state index in [2.05, 4.69) is 20.5 Å². The van der Waals surface area contributed by atoms with Gasteiger partial charge in [0.2, 0.25) is 0 Å². The van der Waals surface area contributed by atoms with Crippen molar-refractivity contribution < 1.29 is 14.0 Å². The summed E-state index contributed by atoms with van der Waals surface area (Å²) in [7, 11) is 0. The molecular formula is C25H26FN5O2. The van der Waals surface area contributed by atoms with Crippen LogP contribution in [0.1, 0.15) is 22.3 Å². The number of hydrogen-bond acceptors (Lipinski definition) is 4. The maximum absolute atomic E-state index is 13.1. The van der Waals surface area contributed by atoms with E-state index in [-0.39, 0.29) is 17.8 Å². The third-order valence-electron chi connectivity index (χ3n) is 5.60. The average Bonchev–Trinajstić information content (AvgIpc) is 3.07. The Morgan fingerprint density at radius 1 is 0.909 bits per heavy atom. The lowest BCUT2D eigenvalue weighted by atomic mass is 10.2. The Bertz CT molecular complexity index is 1120. The number of anilines is 3. The van der Waals surface area contributed by atoms with Crippen LogP contribution in [-0.4, -0.2) is 48.0 Å². The summed E-state index contributed by atoms with van der Waals surface area (Å²) in [5.41, 5.74) is 2.81. The van der Waals surface area contributed by atoms with E-state index in [1.54, 1.807) is 11.1 Å². The molecule has 0 spiro atoms. The topological polar surface area (TPSA) is 77.6 Å². The SMILES string of the molecule is Cc1ccccc1NC(=O)Nc1ccc(N2CCCN(C(=O)c3ccc(F)cc3)CC2)nc1. The van der Waals surface area contributed by atoms with Gasteiger partial charge in [0.25, 0.3) is 5.91 Å². The molecule has 3 amide bonds. The van der Waals surface area contributed by atoms with Crippen molar-refractivity contribution in [2.75, 3.05) is 41.7 Å². The van der Waals surface area contributed by atoms with Crippen LogP contribution in [0.2, 0.25) is 0 Å². The van der Waals surface area contributed by atoms with Crippen molar-refractivity contribution in [3.05, 3.63) is 83.8 Å². The summed E-state index contributed by atoms with van der Waals surface area (Å²) in [6.07, 6.45) is 2.42. The number of amides is 3. The number of rotatable bonds is 4. The normalized spacial score (nSPS) is 13.9. The third kappa shape index (κ3) is 5.65. The lowest BCUT2D eigenvalue weighted by Crippen LogP contribution is -2.35. The molecule has 7 nitrogen and oxygen atoms in total. The fraction of sp³-hybridized carbons (Fsp3) is 0.240. The molecule has 1 aliphatic rings. The predicted octanol–water partition coefficient (Wildman–Crippen LogP) is 4.53. The van der Waals surface area contributed by atoms with Gasteiger partial charge in [-0.1, -0.05) is 18.2 Å². The summed E-state index contributed by atoms with van der Waals surface area (Å²) >= 11 is 0. The van der Waals surface area contributed by atoms with Crippen LogP contribution in [0, 0.1) is 12.7 Å². The number of carbonyl (C=O) groups excluding carboxylic acids is 2. The maximum atomic E-state index is 13.1. The molecule has 33 heavy (non-hydrogen) atoms. The van der Waals surface area contributed by atoms with Crippen LogP contribution >= 0.6 is 0 Å². The van der Waals surface area contributed by atoms with Gasteiger partial charge in [-0.15, -0.1) is 0 Å². The number of urea groups is 1. The minimum Gasteiger partial charge on any atom is -0.355 e. The highest BCUT2D eigenvalue weighted by molar-refractivity contribution is 6.00. The maximum Gasteiger partial charge on any atom is 0.323 e. The fourth-order valence-electron chi connectivity index (χ4n) is 3.77. The zero-order valence-electron chi connectivity index (χ0n) is 18.4. The molecule has 1 fully saturated rings. The van der Waals surface area contributed by atoms with Crippen molar-refractivity contribution in [2.24, 2.45) is 0 Å². The molecule has 0 radical (unpaired) electrons. The Morgan fingerprint density at radius 3 is 2.42 bits per heavy atom. The second-order valence-corrected chi connectivity index (χ2v) is 7.94. The van der Waals surface area contributed by atoms with E-state index in [1.807, 2.05) is 43.3 Å². The number of aromatic nitrogens is 1. The van der Waals surface area contributed by atoms with Gasteiger partial charge in [0, 0.05) is 37.4 Å². The molecule has 3 aromatic rings. The number of hydrogen-bond donors (Lipinski definition) is 2. The van der Waals surface area contributed by atoms with Crippen molar-refractivity contribution in [2.45, 2.75) is 13.3 Å². The summed E-state index contributed by atoms with van der Waals surface area (Å²) in [5.74, 6) is 0.338. The summed E-state index contributed by atoms with van der Waals surface area (Å²) in [5, 5.41) is 5.62. The van der Waals surface area contributed by atoms with Gasteiger partial charge in [-0.2, -0.15) is 0 Å². The van der Waals surface area contributed by atoms with Gasteiger partial charge in [0.15, 0.2) is 0 Å². The molecule has 8 heteroatoms. The van der Waals surface area contributed by atoms with Crippen molar-refractivity contribution in [1.82, 2.24) is 9.88 Å². The van der Waals surface area contributed by atoms with Crippen LogP contribution < -0.4 is 15.5 Å².